The molecule has 0 bridgehead atoms. The number of aromatic nitrogens is 2. The topological polar surface area (TPSA) is 58.6 Å². The van der Waals surface area contributed by atoms with Gasteiger partial charge in [-0.3, -0.25) is 14.6 Å². The maximum atomic E-state index is 12.9. The number of anilines is 1. The minimum atomic E-state index is 0.134. The van der Waals surface area contributed by atoms with Crippen molar-refractivity contribution in [2.45, 2.75) is 51.7 Å². The third-order valence-electron chi connectivity index (χ3n) is 6.72. The lowest BCUT2D eigenvalue weighted by Gasteiger charge is -2.31. The molecule has 33 heavy (non-hydrogen) atoms. The van der Waals surface area contributed by atoms with Gasteiger partial charge in [0, 0.05) is 24.2 Å². The lowest BCUT2D eigenvalue weighted by Crippen LogP contribution is -2.37. The molecule has 1 aromatic heterocycles. The van der Waals surface area contributed by atoms with E-state index >= 15 is 0 Å². The van der Waals surface area contributed by atoms with Crippen molar-refractivity contribution < 1.29 is 9.53 Å². The molecule has 2 aliphatic rings. The van der Waals surface area contributed by atoms with Crippen LogP contribution < -0.4 is 9.64 Å². The lowest BCUT2D eigenvalue weighted by molar-refractivity contribution is -0.119. The maximum Gasteiger partial charge on any atom is 0.228 e. The number of nitrogens with zero attached hydrogens (tertiary/aromatic N) is 4. The minimum Gasteiger partial charge on any atom is -0.497 e. The molecule has 2 aliphatic heterocycles. The van der Waals surface area contributed by atoms with Crippen molar-refractivity contribution in [3.63, 3.8) is 0 Å². The van der Waals surface area contributed by atoms with Crippen LogP contribution in [0.5, 0.6) is 5.75 Å². The Morgan fingerprint density at radius 2 is 1.82 bits per heavy atom. The highest BCUT2D eigenvalue weighted by molar-refractivity contribution is 5.95. The number of carbonyl (C=O) groups is 1. The van der Waals surface area contributed by atoms with Gasteiger partial charge in [0.05, 0.1) is 19.7 Å². The number of aryl methyl sites for hydroxylation is 1. The van der Waals surface area contributed by atoms with Crippen molar-refractivity contribution in [1.29, 1.82) is 0 Å². The zero-order chi connectivity index (χ0) is 22.8. The van der Waals surface area contributed by atoms with E-state index in [-0.39, 0.29) is 11.9 Å². The minimum absolute atomic E-state index is 0.134. The van der Waals surface area contributed by atoms with Crippen molar-refractivity contribution >= 4 is 11.7 Å². The molecule has 1 saturated heterocycles. The van der Waals surface area contributed by atoms with Crippen LogP contribution in [-0.2, 0) is 24.3 Å². The number of hydrogen-bond acceptors (Lipinski definition) is 5. The van der Waals surface area contributed by atoms with E-state index in [1.807, 2.05) is 35.2 Å². The van der Waals surface area contributed by atoms with Crippen molar-refractivity contribution in [2.24, 2.45) is 0 Å². The second kappa shape index (κ2) is 9.32. The lowest BCUT2D eigenvalue weighted by atomic mass is 10.0. The Balaban J connectivity index is 1.45. The normalized spacial score (nSPS) is 18.4. The first-order valence-electron chi connectivity index (χ1n) is 11.7. The third kappa shape index (κ3) is 4.48. The Bertz CT molecular complexity index is 1150. The molecule has 1 amide bonds. The highest BCUT2D eigenvalue weighted by Crippen LogP contribution is 2.36. The van der Waals surface area contributed by atoms with Crippen LogP contribution in [0, 0.1) is 6.92 Å². The summed E-state index contributed by atoms with van der Waals surface area (Å²) in [4.78, 5) is 27.2. The van der Waals surface area contributed by atoms with Crippen molar-refractivity contribution in [2.75, 3.05) is 18.6 Å². The van der Waals surface area contributed by atoms with Crippen LogP contribution in [-0.4, -0.2) is 34.4 Å². The third-order valence-corrected chi connectivity index (χ3v) is 6.72. The fourth-order valence-corrected chi connectivity index (χ4v) is 4.99. The Kier molecular flexibility index (Phi) is 6.09. The van der Waals surface area contributed by atoms with E-state index in [1.165, 1.54) is 5.56 Å². The molecular weight excluding hydrogens is 412 g/mol. The van der Waals surface area contributed by atoms with Gasteiger partial charge in [0.25, 0.3) is 0 Å². The summed E-state index contributed by atoms with van der Waals surface area (Å²) < 4.78 is 5.40. The number of ether oxygens (including phenoxy) is 1. The quantitative estimate of drug-likeness (QED) is 0.558. The first-order chi connectivity index (χ1) is 16.1. The second-order valence-electron chi connectivity index (χ2n) is 8.91. The van der Waals surface area contributed by atoms with Gasteiger partial charge in [-0.1, -0.05) is 42.5 Å². The summed E-state index contributed by atoms with van der Waals surface area (Å²) in [5, 5.41) is 0. The van der Waals surface area contributed by atoms with Crippen LogP contribution in [0.25, 0.3) is 0 Å². The highest BCUT2D eigenvalue weighted by Gasteiger charge is 2.33. The molecule has 0 spiro atoms. The number of benzene rings is 2. The molecule has 170 valence electrons. The monoisotopic (exact) mass is 442 g/mol. The molecule has 5 rings (SSSR count). The molecule has 6 heteroatoms. The molecule has 0 radical (unpaired) electrons. The molecule has 0 N–H and O–H groups in total. The zero-order valence-electron chi connectivity index (χ0n) is 19.3. The van der Waals surface area contributed by atoms with Gasteiger partial charge < -0.3 is 4.74 Å². The molecule has 1 fully saturated rings. The predicted octanol–water partition coefficient (Wildman–Crippen LogP) is 4.61. The van der Waals surface area contributed by atoms with Crippen molar-refractivity contribution in [3.05, 3.63) is 82.8 Å². The van der Waals surface area contributed by atoms with Crippen LogP contribution in [0.4, 0.5) is 5.82 Å². The summed E-state index contributed by atoms with van der Waals surface area (Å²) >= 11 is 0. The van der Waals surface area contributed by atoms with E-state index in [9.17, 15) is 4.79 Å². The van der Waals surface area contributed by atoms with Crippen LogP contribution in [0.3, 0.4) is 0 Å². The van der Waals surface area contributed by atoms with E-state index in [1.54, 1.807) is 7.11 Å². The van der Waals surface area contributed by atoms with E-state index < -0.39 is 0 Å². The summed E-state index contributed by atoms with van der Waals surface area (Å²) in [5.74, 6) is 2.64. The van der Waals surface area contributed by atoms with Gasteiger partial charge in [0.15, 0.2) is 0 Å². The Morgan fingerprint density at radius 3 is 2.64 bits per heavy atom. The molecular formula is C27H30N4O2. The van der Waals surface area contributed by atoms with E-state index in [2.05, 4.69) is 36.1 Å². The van der Waals surface area contributed by atoms with Crippen molar-refractivity contribution in [3.8, 4) is 5.75 Å². The summed E-state index contributed by atoms with van der Waals surface area (Å²) in [6.07, 6.45) is 3.36. The van der Waals surface area contributed by atoms with Crippen LogP contribution in [0.15, 0.2) is 54.6 Å². The van der Waals surface area contributed by atoms with Gasteiger partial charge in [-0.25, -0.2) is 9.97 Å². The number of rotatable bonds is 6. The molecule has 0 saturated carbocycles. The van der Waals surface area contributed by atoms with E-state index in [0.717, 1.165) is 60.1 Å². The molecule has 1 atom stereocenters. The SMILES string of the molecule is COc1cccc(CN2CCC[C@@H]2c2nc(C)c3c(n2)N(Cc2ccccc2)C(=O)CC3)c1. The Labute approximate surface area is 195 Å². The van der Waals surface area contributed by atoms with Gasteiger partial charge in [-0.15, -0.1) is 0 Å². The molecule has 6 nitrogen and oxygen atoms in total. The smallest absolute Gasteiger partial charge is 0.228 e. The first-order valence-corrected chi connectivity index (χ1v) is 11.7. The maximum absolute atomic E-state index is 12.9. The number of hydrogen-bond donors (Lipinski definition) is 0. The number of fused-ring (bicyclic) bond motifs is 1. The van der Waals surface area contributed by atoms with Gasteiger partial charge in [0.1, 0.15) is 17.4 Å². The standard InChI is InChI=1S/C27H30N4O2/c1-19-23-13-14-25(32)31(18-20-8-4-3-5-9-20)27(23)29-26(28-19)24-12-7-15-30(24)17-21-10-6-11-22(16-21)33-2/h3-6,8-11,16,24H,7,12-15,17-18H2,1-2H3/t24-/m1/s1. The van der Waals surface area contributed by atoms with Gasteiger partial charge in [0.2, 0.25) is 5.91 Å². The summed E-state index contributed by atoms with van der Waals surface area (Å²) in [6, 6.07) is 18.5. The Hall–Kier alpha value is -3.25. The van der Waals surface area contributed by atoms with Gasteiger partial charge in [-0.05, 0) is 56.0 Å². The van der Waals surface area contributed by atoms with Crippen LogP contribution in [0.1, 0.15) is 53.5 Å². The summed E-state index contributed by atoms with van der Waals surface area (Å²) in [5.41, 5.74) is 4.43. The van der Waals surface area contributed by atoms with Gasteiger partial charge in [-0.2, -0.15) is 0 Å². The first kappa shape index (κ1) is 21.6. The average molecular weight is 443 g/mol. The molecule has 0 aliphatic carbocycles. The fourth-order valence-electron chi connectivity index (χ4n) is 4.99. The fraction of sp³-hybridized carbons (Fsp3) is 0.370. The number of carbonyl (C=O) groups excluding carboxylic acids is 1. The second-order valence-corrected chi connectivity index (χ2v) is 8.91. The number of amides is 1. The largest absolute Gasteiger partial charge is 0.497 e. The average Bonchev–Trinajstić information content (AvgIpc) is 3.29. The van der Waals surface area contributed by atoms with Crippen LogP contribution >= 0.6 is 0 Å². The highest BCUT2D eigenvalue weighted by atomic mass is 16.5. The van der Waals surface area contributed by atoms with Crippen molar-refractivity contribution in [1.82, 2.24) is 14.9 Å². The zero-order valence-corrected chi connectivity index (χ0v) is 19.3. The molecule has 3 heterocycles. The predicted molar refractivity (Wildman–Crippen MR) is 128 cm³/mol. The Morgan fingerprint density at radius 1 is 1.00 bits per heavy atom. The number of methoxy groups -OCH3 is 1. The van der Waals surface area contributed by atoms with E-state index in [4.69, 9.17) is 14.7 Å². The molecule has 0 unspecified atom stereocenters. The number of likely N-dealkylation sites (tertiary alicyclic amines) is 1. The van der Waals surface area contributed by atoms with Gasteiger partial charge >= 0.3 is 0 Å². The molecule has 3 aromatic rings. The summed E-state index contributed by atoms with van der Waals surface area (Å²) in [7, 11) is 1.70. The molecule has 2 aromatic carbocycles. The summed E-state index contributed by atoms with van der Waals surface area (Å²) in [6.45, 7) is 4.44. The van der Waals surface area contributed by atoms with Crippen LogP contribution in [0.2, 0.25) is 0 Å². The van der Waals surface area contributed by atoms with E-state index in [0.29, 0.717) is 19.4 Å².